The van der Waals surface area contributed by atoms with Gasteiger partial charge in [-0.15, -0.1) is 0 Å². The minimum absolute atomic E-state index is 0.259. The normalized spacial score (nSPS) is 10.2. The third-order valence-electron chi connectivity index (χ3n) is 2.81. The monoisotopic (exact) mass is 275 g/mol. The summed E-state index contributed by atoms with van der Waals surface area (Å²) in [6.07, 6.45) is 1.66. The number of ether oxygens (including phenoxy) is 3. The topological polar surface area (TPSA) is 79.5 Å². The molecule has 6 nitrogen and oxygen atoms in total. The summed E-state index contributed by atoms with van der Waals surface area (Å²) in [6, 6.07) is 5.49. The smallest absolute Gasteiger partial charge is 0.322 e. The molecular weight excluding hydrogens is 258 g/mol. The maximum atomic E-state index is 5.62. The maximum absolute atomic E-state index is 5.62. The molecule has 0 spiro atoms. The van der Waals surface area contributed by atoms with Crippen molar-refractivity contribution in [3.05, 3.63) is 35.7 Å². The molecular formula is C14H17N3O3. The van der Waals surface area contributed by atoms with Crippen molar-refractivity contribution in [2.45, 2.75) is 13.5 Å². The van der Waals surface area contributed by atoms with Crippen LogP contribution in [-0.4, -0.2) is 24.2 Å². The summed E-state index contributed by atoms with van der Waals surface area (Å²) < 4.78 is 16.0. The van der Waals surface area contributed by atoms with Gasteiger partial charge in [-0.25, -0.2) is 4.98 Å². The van der Waals surface area contributed by atoms with Gasteiger partial charge in [-0.2, -0.15) is 4.98 Å². The van der Waals surface area contributed by atoms with Crippen molar-refractivity contribution in [2.75, 3.05) is 14.2 Å². The fourth-order valence-corrected chi connectivity index (χ4v) is 1.67. The van der Waals surface area contributed by atoms with E-state index in [-0.39, 0.29) is 6.01 Å². The second kappa shape index (κ2) is 6.21. The highest BCUT2D eigenvalue weighted by Crippen LogP contribution is 2.29. The fourth-order valence-electron chi connectivity index (χ4n) is 1.67. The van der Waals surface area contributed by atoms with Gasteiger partial charge in [0.15, 0.2) is 0 Å². The highest BCUT2D eigenvalue weighted by molar-refractivity contribution is 5.42. The molecule has 1 aromatic carbocycles. The summed E-state index contributed by atoms with van der Waals surface area (Å²) in [6.45, 7) is 2.27. The van der Waals surface area contributed by atoms with Crippen LogP contribution in [0.2, 0.25) is 0 Å². The standard InChI is InChI=1S/C14H17N3O3/c1-9-10(7-15)8-16-14(17-9)20-13-5-11(18-2)4-12(6-13)19-3/h4-6,8H,7,15H2,1-3H3. The maximum Gasteiger partial charge on any atom is 0.322 e. The first-order valence-corrected chi connectivity index (χ1v) is 6.09. The van der Waals surface area contributed by atoms with Gasteiger partial charge in [0.05, 0.1) is 14.2 Å². The van der Waals surface area contributed by atoms with Crippen molar-refractivity contribution in [3.8, 4) is 23.3 Å². The first kappa shape index (κ1) is 14.1. The molecule has 2 aromatic rings. The zero-order valence-electron chi connectivity index (χ0n) is 11.7. The summed E-state index contributed by atoms with van der Waals surface area (Å²) in [5.41, 5.74) is 7.26. The van der Waals surface area contributed by atoms with Gasteiger partial charge in [0.2, 0.25) is 0 Å². The summed E-state index contributed by atoms with van der Waals surface area (Å²) in [5, 5.41) is 0. The average molecular weight is 275 g/mol. The van der Waals surface area contributed by atoms with Gasteiger partial charge in [0.1, 0.15) is 17.2 Å². The molecule has 2 N–H and O–H groups in total. The first-order chi connectivity index (χ1) is 9.66. The highest BCUT2D eigenvalue weighted by atomic mass is 16.5. The van der Waals surface area contributed by atoms with Crippen LogP contribution >= 0.6 is 0 Å². The van der Waals surface area contributed by atoms with Crippen LogP contribution in [0.4, 0.5) is 0 Å². The molecule has 0 unspecified atom stereocenters. The molecule has 0 fully saturated rings. The van der Waals surface area contributed by atoms with Gasteiger partial charge < -0.3 is 19.9 Å². The molecule has 0 aliphatic rings. The van der Waals surface area contributed by atoms with Crippen molar-refractivity contribution in [3.63, 3.8) is 0 Å². The third-order valence-corrected chi connectivity index (χ3v) is 2.81. The number of rotatable bonds is 5. The van der Waals surface area contributed by atoms with Crippen LogP contribution in [0.25, 0.3) is 0 Å². The van der Waals surface area contributed by atoms with E-state index in [9.17, 15) is 0 Å². The Balaban J connectivity index is 2.27. The molecule has 0 aliphatic carbocycles. The summed E-state index contributed by atoms with van der Waals surface area (Å²) in [5.74, 6) is 1.81. The summed E-state index contributed by atoms with van der Waals surface area (Å²) in [4.78, 5) is 8.38. The molecule has 20 heavy (non-hydrogen) atoms. The first-order valence-electron chi connectivity index (χ1n) is 6.09. The van der Waals surface area contributed by atoms with Crippen molar-refractivity contribution >= 4 is 0 Å². The Hall–Kier alpha value is -2.34. The Morgan fingerprint density at radius 3 is 2.15 bits per heavy atom. The lowest BCUT2D eigenvalue weighted by Gasteiger charge is -2.09. The van der Waals surface area contributed by atoms with E-state index in [2.05, 4.69) is 9.97 Å². The number of hydrogen-bond acceptors (Lipinski definition) is 6. The number of aromatic nitrogens is 2. The van der Waals surface area contributed by atoms with Gasteiger partial charge in [0.25, 0.3) is 0 Å². The van der Waals surface area contributed by atoms with Gasteiger partial charge in [0, 0.05) is 42.2 Å². The number of hydrogen-bond donors (Lipinski definition) is 1. The lowest BCUT2D eigenvalue weighted by molar-refractivity contribution is 0.382. The second-order valence-corrected chi connectivity index (χ2v) is 4.12. The predicted molar refractivity (Wildman–Crippen MR) is 74.3 cm³/mol. The molecule has 0 saturated carbocycles. The molecule has 0 aliphatic heterocycles. The SMILES string of the molecule is COc1cc(OC)cc(Oc2ncc(CN)c(C)n2)c1. The number of methoxy groups -OCH3 is 2. The quantitative estimate of drug-likeness (QED) is 0.899. The molecule has 1 aromatic heterocycles. The van der Waals surface area contributed by atoms with E-state index in [1.807, 2.05) is 6.92 Å². The van der Waals surface area contributed by atoms with Crippen molar-refractivity contribution in [1.29, 1.82) is 0 Å². The number of aryl methyl sites for hydroxylation is 1. The average Bonchev–Trinajstić information content (AvgIpc) is 2.47. The van der Waals surface area contributed by atoms with E-state index in [0.717, 1.165) is 11.3 Å². The van der Waals surface area contributed by atoms with Crippen molar-refractivity contribution < 1.29 is 14.2 Å². The Morgan fingerprint density at radius 1 is 1.05 bits per heavy atom. The largest absolute Gasteiger partial charge is 0.496 e. The summed E-state index contributed by atoms with van der Waals surface area (Å²) in [7, 11) is 3.16. The van der Waals surface area contributed by atoms with E-state index >= 15 is 0 Å². The zero-order chi connectivity index (χ0) is 14.5. The number of benzene rings is 1. The molecule has 0 amide bonds. The second-order valence-electron chi connectivity index (χ2n) is 4.12. The van der Waals surface area contributed by atoms with Gasteiger partial charge in [-0.3, -0.25) is 0 Å². The fraction of sp³-hybridized carbons (Fsp3) is 0.286. The van der Waals surface area contributed by atoms with Gasteiger partial charge in [-0.1, -0.05) is 0 Å². The van der Waals surface area contributed by atoms with E-state index in [1.165, 1.54) is 0 Å². The van der Waals surface area contributed by atoms with Gasteiger partial charge in [-0.05, 0) is 6.92 Å². The van der Waals surface area contributed by atoms with E-state index in [1.54, 1.807) is 38.6 Å². The molecule has 1 heterocycles. The Labute approximate surface area is 117 Å². The van der Waals surface area contributed by atoms with Crippen LogP contribution < -0.4 is 19.9 Å². The molecule has 0 bridgehead atoms. The molecule has 0 radical (unpaired) electrons. The van der Waals surface area contributed by atoms with Crippen LogP contribution in [0.3, 0.4) is 0 Å². The zero-order valence-corrected chi connectivity index (χ0v) is 11.7. The molecule has 2 rings (SSSR count). The molecule has 6 heteroatoms. The van der Waals surface area contributed by atoms with Crippen LogP contribution in [0.5, 0.6) is 23.3 Å². The minimum atomic E-state index is 0.259. The molecule has 106 valence electrons. The van der Waals surface area contributed by atoms with Crippen LogP contribution in [0.15, 0.2) is 24.4 Å². The van der Waals surface area contributed by atoms with Gasteiger partial charge >= 0.3 is 6.01 Å². The minimum Gasteiger partial charge on any atom is -0.496 e. The Kier molecular flexibility index (Phi) is 4.37. The molecule has 0 saturated heterocycles. The number of nitrogens with two attached hydrogens (primary N) is 1. The lowest BCUT2D eigenvalue weighted by atomic mass is 10.2. The van der Waals surface area contributed by atoms with Crippen LogP contribution in [0.1, 0.15) is 11.3 Å². The Bertz CT molecular complexity index is 580. The molecule has 0 atom stereocenters. The lowest BCUT2D eigenvalue weighted by Crippen LogP contribution is -2.03. The van der Waals surface area contributed by atoms with Crippen LogP contribution in [0, 0.1) is 6.92 Å². The Morgan fingerprint density at radius 2 is 1.65 bits per heavy atom. The van der Waals surface area contributed by atoms with Crippen molar-refractivity contribution in [1.82, 2.24) is 9.97 Å². The number of nitrogens with zero attached hydrogens (tertiary/aromatic N) is 2. The van der Waals surface area contributed by atoms with E-state index < -0.39 is 0 Å². The van der Waals surface area contributed by atoms with Crippen LogP contribution in [-0.2, 0) is 6.54 Å². The van der Waals surface area contributed by atoms with E-state index in [0.29, 0.717) is 23.8 Å². The van der Waals surface area contributed by atoms with Crippen molar-refractivity contribution in [2.24, 2.45) is 5.73 Å². The summed E-state index contributed by atoms with van der Waals surface area (Å²) >= 11 is 0. The third kappa shape index (κ3) is 3.16. The highest BCUT2D eigenvalue weighted by Gasteiger charge is 2.07. The predicted octanol–water partition coefficient (Wildman–Crippen LogP) is 2.05. The van der Waals surface area contributed by atoms with E-state index in [4.69, 9.17) is 19.9 Å².